The van der Waals surface area contributed by atoms with Crippen LogP contribution >= 0.6 is 23.4 Å². The van der Waals surface area contributed by atoms with Crippen molar-refractivity contribution in [3.05, 3.63) is 70.0 Å². The van der Waals surface area contributed by atoms with E-state index in [9.17, 15) is 4.79 Å². The van der Waals surface area contributed by atoms with E-state index in [2.05, 4.69) is 10.3 Å². The molecule has 1 aliphatic heterocycles. The summed E-state index contributed by atoms with van der Waals surface area (Å²) in [5.41, 5.74) is 1.54. The zero-order valence-corrected chi connectivity index (χ0v) is 13.8. The summed E-state index contributed by atoms with van der Waals surface area (Å²) in [6.45, 7) is 1.91. The first-order valence-electron chi connectivity index (χ1n) is 6.88. The van der Waals surface area contributed by atoms with Crippen molar-refractivity contribution in [2.24, 2.45) is 4.99 Å². The molecule has 23 heavy (non-hydrogen) atoms. The molecule has 4 nitrogen and oxygen atoms in total. The van der Waals surface area contributed by atoms with Crippen molar-refractivity contribution >= 4 is 46.2 Å². The average molecular weight is 345 g/mol. The summed E-state index contributed by atoms with van der Waals surface area (Å²) in [7, 11) is 0. The van der Waals surface area contributed by atoms with Crippen LogP contribution in [0.4, 0.5) is 5.69 Å². The maximum Gasteiger partial charge on any atom is 0.264 e. The number of nitrogens with one attached hydrogen (secondary N) is 1. The van der Waals surface area contributed by atoms with Gasteiger partial charge in [0.1, 0.15) is 5.76 Å². The number of hydrogen-bond donors (Lipinski definition) is 1. The smallest absolute Gasteiger partial charge is 0.264 e. The summed E-state index contributed by atoms with van der Waals surface area (Å²) in [4.78, 5) is 17.0. The van der Waals surface area contributed by atoms with Gasteiger partial charge in [-0.05, 0) is 60.7 Å². The summed E-state index contributed by atoms with van der Waals surface area (Å²) < 4.78 is 5.26. The SMILES string of the molecule is CC(=C\c1ccco1)/C=C1/SC(=Nc2ccccc2Cl)NC1=O. The molecule has 0 saturated carbocycles. The van der Waals surface area contributed by atoms with E-state index in [1.165, 1.54) is 11.8 Å². The fourth-order valence-corrected chi connectivity index (χ4v) is 3.04. The van der Waals surface area contributed by atoms with Gasteiger partial charge in [-0.2, -0.15) is 0 Å². The molecule has 0 aliphatic carbocycles. The van der Waals surface area contributed by atoms with Crippen LogP contribution in [-0.2, 0) is 4.79 Å². The molecule has 116 valence electrons. The van der Waals surface area contributed by atoms with Crippen LogP contribution in [0, 0.1) is 0 Å². The first-order chi connectivity index (χ1) is 11.1. The molecule has 0 radical (unpaired) electrons. The van der Waals surface area contributed by atoms with Gasteiger partial charge in [0.2, 0.25) is 0 Å². The first kappa shape index (κ1) is 15.6. The Balaban J connectivity index is 1.80. The second-order valence-electron chi connectivity index (χ2n) is 4.84. The van der Waals surface area contributed by atoms with E-state index in [4.69, 9.17) is 16.0 Å². The fraction of sp³-hybridized carbons (Fsp3) is 0.0588. The summed E-state index contributed by atoms with van der Waals surface area (Å²) >= 11 is 7.36. The van der Waals surface area contributed by atoms with E-state index < -0.39 is 0 Å². The Morgan fingerprint density at radius 3 is 2.87 bits per heavy atom. The molecule has 6 heteroatoms. The molecule has 1 fully saturated rings. The Morgan fingerprint density at radius 2 is 2.13 bits per heavy atom. The van der Waals surface area contributed by atoms with Crippen LogP contribution in [0.2, 0.25) is 5.02 Å². The second kappa shape index (κ2) is 6.89. The third kappa shape index (κ3) is 3.94. The lowest BCUT2D eigenvalue weighted by atomic mass is 10.2. The highest BCUT2D eigenvalue weighted by molar-refractivity contribution is 8.18. The van der Waals surface area contributed by atoms with Gasteiger partial charge in [0.15, 0.2) is 5.17 Å². The number of allylic oxidation sites excluding steroid dienone is 2. The van der Waals surface area contributed by atoms with Crippen LogP contribution in [0.5, 0.6) is 0 Å². The van der Waals surface area contributed by atoms with Crippen molar-refractivity contribution < 1.29 is 9.21 Å². The van der Waals surface area contributed by atoms with Crippen molar-refractivity contribution in [3.63, 3.8) is 0 Å². The molecule has 3 rings (SSSR count). The van der Waals surface area contributed by atoms with Crippen molar-refractivity contribution in [3.8, 4) is 0 Å². The number of rotatable bonds is 3. The van der Waals surface area contributed by atoms with Crippen molar-refractivity contribution in [2.45, 2.75) is 6.92 Å². The molecule has 0 atom stereocenters. The fourth-order valence-electron chi connectivity index (χ4n) is 1.98. The largest absolute Gasteiger partial charge is 0.465 e. The lowest BCUT2D eigenvalue weighted by Crippen LogP contribution is -2.19. The topological polar surface area (TPSA) is 54.6 Å². The molecule has 0 bridgehead atoms. The average Bonchev–Trinajstić information content (AvgIpc) is 3.12. The Morgan fingerprint density at radius 1 is 1.30 bits per heavy atom. The lowest BCUT2D eigenvalue weighted by Gasteiger charge is -1.98. The highest BCUT2D eigenvalue weighted by Crippen LogP contribution is 2.30. The van der Waals surface area contributed by atoms with E-state index in [0.717, 1.165) is 11.3 Å². The quantitative estimate of drug-likeness (QED) is 0.816. The molecule has 0 spiro atoms. The van der Waals surface area contributed by atoms with Gasteiger partial charge < -0.3 is 9.73 Å². The third-order valence-electron chi connectivity index (χ3n) is 3.00. The van der Waals surface area contributed by atoms with Crippen LogP contribution in [0.1, 0.15) is 12.7 Å². The number of benzene rings is 1. The molecular weight excluding hydrogens is 332 g/mol. The molecule has 2 aromatic rings. The summed E-state index contributed by atoms with van der Waals surface area (Å²) in [5, 5.41) is 3.80. The number of halogens is 1. The van der Waals surface area contributed by atoms with Crippen LogP contribution in [0.15, 0.2) is 68.6 Å². The van der Waals surface area contributed by atoms with Gasteiger partial charge >= 0.3 is 0 Å². The molecule has 1 amide bonds. The third-order valence-corrected chi connectivity index (χ3v) is 4.23. The monoisotopic (exact) mass is 344 g/mol. The minimum absolute atomic E-state index is 0.173. The second-order valence-corrected chi connectivity index (χ2v) is 6.27. The number of carbonyl (C=O) groups excluding carboxylic acids is 1. The maximum absolute atomic E-state index is 12.0. The first-order valence-corrected chi connectivity index (χ1v) is 8.07. The van der Waals surface area contributed by atoms with Crippen LogP contribution in [-0.4, -0.2) is 11.1 Å². The predicted molar refractivity (Wildman–Crippen MR) is 94.7 cm³/mol. The molecule has 1 aromatic carbocycles. The Labute approximate surface area is 142 Å². The number of nitrogens with zero attached hydrogens (tertiary/aromatic N) is 1. The van der Waals surface area contributed by atoms with Gasteiger partial charge in [-0.15, -0.1) is 0 Å². The van der Waals surface area contributed by atoms with E-state index in [-0.39, 0.29) is 5.91 Å². The molecule has 1 saturated heterocycles. The van der Waals surface area contributed by atoms with E-state index >= 15 is 0 Å². The van der Waals surface area contributed by atoms with Gasteiger partial charge in [0.05, 0.1) is 21.9 Å². The van der Waals surface area contributed by atoms with Gasteiger partial charge in [-0.1, -0.05) is 23.7 Å². The zero-order chi connectivity index (χ0) is 16.2. The number of amidine groups is 1. The van der Waals surface area contributed by atoms with Crippen LogP contribution < -0.4 is 5.32 Å². The number of carbonyl (C=O) groups is 1. The molecule has 2 heterocycles. The number of amides is 1. The van der Waals surface area contributed by atoms with Gasteiger partial charge in [-0.3, -0.25) is 4.79 Å². The molecule has 0 unspecified atom stereocenters. The zero-order valence-electron chi connectivity index (χ0n) is 12.2. The van der Waals surface area contributed by atoms with Crippen LogP contribution in [0.3, 0.4) is 0 Å². The summed E-state index contributed by atoms with van der Waals surface area (Å²) in [5.74, 6) is 0.570. The van der Waals surface area contributed by atoms with Gasteiger partial charge in [-0.25, -0.2) is 4.99 Å². The maximum atomic E-state index is 12.0. The van der Waals surface area contributed by atoms with E-state index in [1.807, 2.05) is 37.3 Å². The highest BCUT2D eigenvalue weighted by atomic mass is 35.5. The number of hydrogen-bond acceptors (Lipinski definition) is 4. The summed E-state index contributed by atoms with van der Waals surface area (Å²) in [6, 6.07) is 10.9. The Bertz CT molecular complexity index is 823. The number of furan rings is 1. The van der Waals surface area contributed by atoms with Crippen molar-refractivity contribution in [1.29, 1.82) is 0 Å². The van der Waals surface area contributed by atoms with Gasteiger partial charge in [0.25, 0.3) is 5.91 Å². The lowest BCUT2D eigenvalue weighted by molar-refractivity contribution is -0.115. The number of aliphatic imine (C=N–C) groups is 1. The summed E-state index contributed by atoms with van der Waals surface area (Å²) in [6.07, 6.45) is 5.28. The normalized spacial score (nSPS) is 18.7. The number of para-hydroxylation sites is 1. The molecule has 1 aromatic heterocycles. The highest BCUT2D eigenvalue weighted by Gasteiger charge is 2.23. The Hall–Kier alpha value is -2.24. The molecular formula is C17H13ClN2O2S. The van der Waals surface area contributed by atoms with Crippen molar-refractivity contribution in [1.82, 2.24) is 5.32 Å². The molecule has 1 aliphatic rings. The van der Waals surface area contributed by atoms with Crippen LogP contribution in [0.25, 0.3) is 6.08 Å². The number of thioether (sulfide) groups is 1. The van der Waals surface area contributed by atoms with Gasteiger partial charge in [0, 0.05) is 0 Å². The standard InChI is InChI=1S/C17H13ClN2O2S/c1-11(9-12-5-4-8-22-12)10-15-16(21)20-17(23-15)19-14-7-3-2-6-13(14)18/h2-10H,1H3,(H,19,20,21)/b11-9+,15-10+. The minimum Gasteiger partial charge on any atom is -0.465 e. The molecule has 1 N–H and O–H groups in total. The minimum atomic E-state index is -0.173. The Kier molecular flexibility index (Phi) is 4.69. The van der Waals surface area contributed by atoms with E-state index in [1.54, 1.807) is 24.5 Å². The van der Waals surface area contributed by atoms with E-state index in [0.29, 0.717) is 20.8 Å². The predicted octanol–water partition coefficient (Wildman–Crippen LogP) is 4.77. The van der Waals surface area contributed by atoms with Crippen molar-refractivity contribution in [2.75, 3.05) is 0 Å².